The van der Waals surface area contributed by atoms with E-state index in [4.69, 9.17) is 5.11 Å². The summed E-state index contributed by atoms with van der Waals surface area (Å²) in [5.41, 5.74) is -0.222. The summed E-state index contributed by atoms with van der Waals surface area (Å²) in [7, 11) is 1.66. The molecule has 2 N–H and O–H groups in total. The van der Waals surface area contributed by atoms with E-state index in [2.05, 4.69) is 5.32 Å². The molecule has 4 heteroatoms. The van der Waals surface area contributed by atoms with Crippen LogP contribution in [0, 0.1) is 5.41 Å². The quantitative estimate of drug-likeness (QED) is 0.672. The van der Waals surface area contributed by atoms with Crippen LogP contribution in [0.2, 0.25) is 0 Å². The number of halogens is 1. The predicted octanol–water partition coefficient (Wildman–Crippen LogP) is 1.13. The number of likely N-dealkylation sites (N-methyl/N-ethyl adjacent to an activating group) is 1. The monoisotopic (exact) mass is 181 g/mol. The van der Waals surface area contributed by atoms with Crippen molar-refractivity contribution in [3.8, 4) is 0 Å². The number of hydrogen-bond donors (Lipinski definition) is 2. The minimum absolute atomic E-state index is 0. The molecule has 0 aromatic rings. The molecule has 0 saturated carbocycles. The summed E-state index contributed by atoms with van der Waals surface area (Å²) in [5.74, 6) is -0.796. The highest BCUT2D eigenvalue weighted by Gasteiger charge is 2.28. The van der Waals surface area contributed by atoms with Gasteiger partial charge in [0.2, 0.25) is 0 Å². The number of aliphatic carboxylic acids is 1. The first kappa shape index (κ1) is 13.3. The molecule has 0 aromatic heterocycles. The third kappa shape index (κ3) is 4.22. The second-order valence-electron chi connectivity index (χ2n) is 3.43. The van der Waals surface area contributed by atoms with Crippen LogP contribution in [-0.4, -0.2) is 24.2 Å². The summed E-state index contributed by atoms with van der Waals surface area (Å²) in [6.45, 7) is 5.67. The first-order valence-electron chi connectivity index (χ1n) is 3.29. The minimum Gasteiger partial charge on any atom is -0.480 e. The Labute approximate surface area is 73.6 Å². The molecule has 3 nitrogen and oxygen atoms in total. The maximum absolute atomic E-state index is 10.5. The summed E-state index contributed by atoms with van der Waals surface area (Å²) < 4.78 is 0. The maximum Gasteiger partial charge on any atom is 0.321 e. The topological polar surface area (TPSA) is 49.3 Å². The van der Waals surface area contributed by atoms with Gasteiger partial charge in [0.15, 0.2) is 0 Å². The minimum atomic E-state index is -0.796. The van der Waals surface area contributed by atoms with E-state index in [1.54, 1.807) is 7.05 Å². The third-order valence-electron chi connectivity index (χ3n) is 1.40. The van der Waals surface area contributed by atoms with Gasteiger partial charge in [-0.05, 0) is 12.5 Å². The Kier molecular flexibility index (Phi) is 5.53. The number of carboxylic acids is 1. The van der Waals surface area contributed by atoms with E-state index >= 15 is 0 Å². The molecule has 68 valence electrons. The molecule has 0 heterocycles. The third-order valence-corrected chi connectivity index (χ3v) is 1.40. The number of carboxylic acid groups (broad SMARTS) is 1. The van der Waals surface area contributed by atoms with Crippen LogP contribution in [0.3, 0.4) is 0 Å². The Hall–Kier alpha value is -0.280. The van der Waals surface area contributed by atoms with Gasteiger partial charge in [-0.25, -0.2) is 0 Å². The van der Waals surface area contributed by atoms with Gasteiger partial charge in [-0.15, -0.1) is 12.4 Å². The standard InChI is InChI=1S/C7H15NO2.ClH/c1-7(2,3)5(8-4)6(9)10;/h5,8H,1-4H3,(H,9,10);1H/t5-;/m1./s1. The van der Waals surface area contributed by atoms with Crippen molar-refractivity contribution in [3.63, 3.8) is 0 Å². The second-order valence-corrected chi connectivity index (χ2v) is 3.43. The SMILES string of the molecule is CN[C@H](C(=O)O)C(C)(C)C.Cl. The normalized spacial score (nSPS) is 13.5. The van der Waals surface area contributed by atoms with Crippen LogP contribution in [0.1, 0.15) is 20.8 Å². The van der Waals surface area contributed by atoms with Crippen LogP contribution in [-0.2, 0) is 4.79 Å². The molecular weight excluding hydrogens is 166 g/mol. The molecule has 11 heavy (non-hydrogen) atoms. The van der Waals surface area contributed by atoms with Gasteiger partial charge in [0, 0.05) is 0 Å². The van der Waals surface area contributed by atoms with Gasteiger partial charge < -0.3 is 10.4 Å². The Morgan fingerprint density at radius 3 is 1.82 bits per heavy atom. The average molecular weight is 182 g/mol. The van der Waals surface area contributed by atoms with Crippen LogP contribution in [0.4, 0.5) is 0 Å². The predicted molar refractivity (Wildman–Crippen MR) is 47.2 cm³/mol. The summed E-state index contributed by atoms with van der Waals surface area (Å²) in [6.07, 6.45) is 0. The molecule has 1 atom stereocenters. The Morgan fingerprint density at radius 1 is 1.45 bits per heavy atom. The fraction of sp³-hybridized carbons (Fsp3) is 0.857. The molecule has 0 spiro atoms. The first-order valence-corrected chi connectivity index (χ1v) is 3.29. The number of rotatable bonds is 2. The highest BCUT2D eigenvalue weighted by atomic mass is 35.5. The lowest BCUT2D eigenvalue weighted by atomic mass is 9.87. The fourth-order valence-corrected chi connectivity index (χ4v) is 0.927. The van der Waals surface area contributed by atoms with Crippen molar-refractivity contribution < 1.29 is 9.90 Å². The van der Waals surface area contributed by atoms with E-state index in [1.807, 2.05) is 20.8 Å². The lowest BCUT2D eigenvalue weighted by Gasteiger charge is -2.26. The number of nitrogens with one attached hydrogen (secondary N) is 1. The van der Waals surface area contributed by atoms with Crippen LogP contribution < -0.4 is 5.32 Å². The number of hydrogen-bond acceptors (Lipinski definition) is 2. The van der Waals surface area contributed by atoms with E-state index in [1.165, 1.54) is 0 Å². The average Bonchev–Trinajstić information content (AvgIpc) is 1.60. The first-order chi connectivity index (χ1) is 4.39. The Morgan fingerprint density at radius 2 is 1.82 bits per heavy atom. The maximum atomic E-state index is 10.5. The highest BCUT2D eigenvalue weighted by molar-refractivity contribution is 5.85. The molecule has 0 aromatic carbocycles. The summed E-state index contributed by atoms with van der Waals surface area (Å²) in [6, 6.07) is -0.465. The van der Waals surface area contributed by atoms with Crippen LogP contribution >= 0.6 is 12.4 Å². The van der Waals surface area contributed by atoms with Crippen molar-refractivity contribution in [3.05, 3.63) is 0 Å². The van der Waals surface area contributed by atoms with Gasteiger partial charge in [0.1, 0.15) is 6.04 Å². The van der Waals surface area contributed by atoms with Gasteiger partial charge in [0.25, 0.3) is 0 Å². The van der Waals surface area contributed by atoms with E-state index in [-0.39, 0.29) is 17.8 Å². The highest BCUT2D eigenvalue weighted by Crippen LogP contribution is 2.18. The molecule has 0 aliphatic rings. The van der Waals surface area contributed by atoms with Gasteiger partial charge in [-0.1, -0.05) is 20.8 Å². The van der Waals surface area contributed by atoms with Crippen molar-refractivity contribution in [2.45, 2.75) is 26.8 Å². The van der Waals surface area contributed by atoms with E-state index in [0.717, 1.165) is 0 Å². The molecule has 0 radical (unpaired) electrons. The Bertz CT molecular complexity index is 131. The fourth-order valence-electron chi connectivity index (χ4n) is 0.927. The van der Waals surface area contributed by atoms with Crippen LogP contribution in [0.5, 0.6) is 0 Å². The van der Waals surface area contributed by atoms with Crippen molar-refractivity contribution >= 4 is 18.4 Å². The summed E-state index contributed by atoms with van der Waals surface area (Å²) in [4.78, 5) is 10.5. The molecule has 0 rings (SSSR count). The molecule has 0 fully saturated rings. The van der Waals surface area contributed by atoms with Crippen LogP contribution in [0.25, 0.3) is 0 Å². The van der Waals surface area contributed by atoms with Gasteiger partial charge in [-0.3, -0.25) is 4.79 Å². The molecule has 0 aliphatic heterocycles. The Balaban J connectivity index is 0. The van der Waals surface area contributed by atoms with Crippen molar-refractivity contribution in [2.24, 2.45) is 5.41 Å². The zero-order valence-electron chi connectivity index (χ0n) is 7.34. The molecule has 0 amide bonds. The zero-order valence-corrected chi connectivity index (χ0v) is 8.16. The van der Waals surface area contributed by atoms with Crippen molar-refractivity contribution in [2.75, 3.05) is 7.05 Å². The lowest BCUT2D eigenvalue weighted by Crippen LogP contribution is -2.44. The zero-order chi connectivity index (χ0) is 8.36. The smallest absolute Gasteiger partial charge is 0.321 e. The van der Waals surface area contributed by atoms with Gasteiger partial charge in [0.05, 0.1) is 0 Å². The van der Waals surface area contributed by atoms with E-state index in [0.29, 0.717) is 0 Å². The molecule has 0 bridgehead atoms. The molecular formula is C7H16ClNO2. The molecule has 0 aliphatic carbocycles. The largest absolute Gasteiger partial charge is 0.480 e. The van der Waals surface area contributed by atoms with Gasteiger partial charge >= 0.3 is 5.97 Å². The lowest BCUT2D eigenvalue weighted by molar-refractivity contribution is -0.142. The van der Waals surface area contributed by atoms with E-state index < -0.39 is 12.0 Å². The summed E-state index contributed by atoms with van der Waals surface area (Å²) in [5, 5.41) is 11.4. The van der Waals surface area contributed by atoms with Crippen LogP contribution in [0.15, 0.2) is 0 Å². The molecule has 0 saturated heterocycles. The van der Waals surface area contributed by atoms with E-state index in [9.17, 15) is 4.79 Å². The molecule has 0 unspecified atom stereocenters. The summed E-state index contributed by atoms with van der Waals surface area (Å²) >= 11 is 0. The number of carbonyl (C=O) groups is 1. The van der Waals surface area contributed by atoms with Crippen molar-refractivity contribution in [1.82, 2.24) is 5.32 Å². The second kappa shape index (κ2) is 4.57. The van der Waals surface area contributed by atoms with Crippen molar-refractivity contribution in [1.29, 1.82) is 0 Å². The van der Waals surface area contributed by atoms with Gasteiger partial charge in [-0.2, -0.15) is 0 Å².